The highest BCUT2D eigenvalue weighted by Crippen LogP contribution is 2.28. The van der Waals surface area contributed by atoms with Crippen molar-refractivity contribution in [3.63, 3.8) is 0 Å². The first-order valence-corrected chi connectivity index (χ1v) is 8.48. The smallest absolute Gasteiger partial charge is 0.255 e. The standard InChI is InChI=1S/C18H17F2N5O2/c1-27-16-8-13-10-23-25(14(13)11-22-16)15-3-2-12(9-21-15)17(26)24-6-4-18(19,20)5-7-24/h2-3,8-11H,4-7H2,1H3. The maximum atomic E-state index is 13.3. The van der Waals surface area contributed by atoms with E-state index in [4.69, 9.17) is 4.74 Å². The number of nitrogens with zero attached hydrogens (tertiary/aromatic N) is 5. The number of piperidine rings is 1. The highest BCUT2D eigenvalue weighted by molar-refractivity contribution is 5.94. The molecule has 0 bridgehead atoms. The molecule has 4 rings (SSSR count). The third-order valence-corrected chi connectivity index (χ3v) is 4.63. The molecule has 0 unspecified atom stereocenters. The van der Waals surface area contributed by atoms with Gasteiger partial charge in [-0.1, -0.05) is 0 Å². The van der Waals surface area contributed by atoms with E-state index < -0.39 is 5.92 Å². The van der Waals surface area contributed by atoms with Crippen LogP contribution < -0.4 is 4.74 Å². The number of amides is 1. The van der Waals surface area contributed by atoms with Crippen LogP contribution in [0.4, 0.5) is 8.78 Å². The lowest BCUT2D eigenvalue weighted by molar-refractivity contribution is -0.0494. The van der Waals surface area contributed by atoms with Crippen molar-refractivity contribution in [3.05, 3.63) is 42.4 Å². The van der Waals surface area contributed by atoms with Gasteiger partial charge in [-0.05, 0) is 12.1 Å². The third kappa shape index (κ3) is 3.32. The Kier molecular flexibility index (Phi) is 4.21. The molecule has 1 saturated heterocycles. The largest absolute Gasteiger partial charge is 0.481 e. The minimum absolute atomic E-state index is 0.0465. The van der Waals surface area contributed by atoms with Crippen molar-refractivity contribution in [3.8, 4) is 11.7 Å². The molecule has 1 amide bonds. The van der Waals surface area contributed by atoms with Crippen LogP contribution in [0.15, 0.2) is 36.8 Å². The summed E-state index contributed by atoms with van der Waals surface area (Å²) in [6.07, 6.45) is 4.14. The Morgan fingerprint density at radius 2 is 1.93 bits per heavy atom. The minimum atomic E-state index is -2.68. The van der Waals surface area contributed by atoms with E-state index in [-0.39, 0.29) is 31.8 Å². The summed E-state index contributed by atoms with van der Waals surface area (Å²) in [5, 5.41) is 5.15. The average Bonchev–Trinajstić information content (AvgIpc) is 3.10. The number of methoxy groups -OCH3 is 1. The fourth-order valence-electron chi connectivity index (χ4n) is 3.06. The van der Waals surface area contributed by atoms with Crippen LogP contribution >= 0.6 is 0 Å². The lowest BCUT2D eigenvalue weighted by atomic mass is 10.1. The van der Waals surface area contributed by atoms with Gasteiger partial charge in [0.1, 0.15) is 0 Å². The quantitative estimate of drug-likeness (QED) is 0.706. The Hall–Kier alpha value is -3.10. The number of aromatic nitrogens is 4. The molecule has 4 heterocycles. The van der Waals surface area contributed by atoms with E-state index in [1.807, 2.05) is 0 Å². The maximum absolute atomic E-state index is 13.3. The van der Waals surface area contributed by atoms with E-state index >= 15 is 0 Å². The van der Waals surface area contributed by atoms with Crippen LogP contribution in [0.3, 0.4) is 0 Å². The van der Waals surface area contributed by atoms with Crippen molar-refractivity contribution in [2.45, 2.75) is 18.8 Å². The number of hydrogen-bond donors (Lipinski definition) is 0. The summed E-state index contributed by atoms with van der Waals surface area (Å²) in [7, 11) is 1.54. The monoisotopic (exact) mass is 373 g/mol. The predicted octanol–water partition coefficient (Wildman–Crippen LogP) is 2.70. The van der Waals surface area contributed by atoms with E-state index in [0.717, 1.165) is 10.9 Å². The van der Waals surface area contributed by atoms with Gasteiger partial charge in [0.25, 0.3) is 11.8 Å². The number of alkyl halides is 2. The van der Waals surface area contributed by atoms with E-state index in [1.165, 1.54) is 11.1 Å². The first-order valence-electron chi connectivity index (χ1n) is 8.48. The lowest BCUT2D eigenvalue weighted by Gasteiger charge is -2.31. The zero-order chi connectivity index (χ0) is 19.0. The zero-order valence-corrected chi connectivity index (χ0v) is 14.6. The average molecular weight is 373 g/mol. The van der Waals surface area contributed by atoms with Crippen LogP contribution in [-0.4, -0.2) is 56.7 Å². The normalized spacial score (nSPS) is 16.5. The second-order valence-electron chi connectivity index (χ2n) is 6.40. The van der Waals surface area contributed by atoms with Gasteiger partial charge in [-0.15, -0.1) is 0 Å². The Morgan fingerprint density at radius 1 is 1.15 bits per heavy atom. The Morgan fingerprint density at radius 3 is 2.59 bits per heavy atom. The number of rotatable bonds is 3. The minimum Gasteiger partial charge on any atom is -0.481 e. The number of hydrogen-bond acceptors (Lipinski definition) is 5. The third-order valence-electron chi connectivity index (χ3n) is 4.63. The summed E-state index contributed by atoms with van der Waals surface area (Å²) in [5.41, 5.74) is 1.11. The molecule has 0 spiro atoms. The molecule has 7 nitrogen and oxygen atoms in total. The van der Waals surface area contributed by atoms with Crippen molar-refractivity contribution < 1.29 is 18.3 Å². The summed E-state index contributed by atoms with van der Waals surface area (Å²) in [6.45, 7) is 0.0930. The van der Waals surface area contributed by atoms with Gasteiger partial charge in [-0.3, -0.25) is 4.79 Å². The second kappa shape index (κ2) is 6.57. The molecule has 0 saturated carbocycles. The molecule has 0 radical (unpaired) electrons. The summed E-state index contributed by atoms with van der Waals surface area (Å²) in [6, 6.07) is 5.06. The van der Waals surface area contributed by atoms with Gasteiger partial charge < -0.3 is 9.64 Å². The van der Waals surface area contributed by atoms with Crippen LogP contribution in [0.5, 0.6) is 5.88 Å². The molecule has 140 valence electrons. The first-order chi connectivity index (χ1) is 13.0. The molecule has 0 atom stereocenters. The molecule has 3 aromatic heterocycles. The van der Waals surface area contributed by atoms with Crippen molar-refractivity contribution in [2.24, 2.45) is 0 Å². The van der Waals surface area contributed by atoms with Gasteiger partial charge in [0.2, 0.25) is 5.88 Å². The SMILES string of the molecule is COc1cc2cnn(-c3ccc(C(=O)N4CCC(F)(F)CC4)cn3)c2cn1. The summed E-state index contributed by atoms with van der Waals surface area (Å²) < 4.78 is 33.2. The van der Waals surface area contributed by atoms with E-state index in [2.05, 4.69) is 15.1 Å². The number of pyridine rings is 2. The zero-order valence-electron chi connectivity index (χ0n) is 14.6. The van der Waals surface area contributed by atoms with Crippen LogP contribution in [0.25, 0.3) is 16.7 Å². The highest BCUT2D eigenvalue weighted by Gasteiger charge is 2.35. The van der Waals surface area contributed by atoms with Crippen molar-refractivity contribution in [2.75, 3.05) is 20.2 Å². The highest BCUT2D eigenvalue weighted by atomic mass is 19.3. The van der Waals surface area contributed by atoms with Gasteiger partial charge in [0.05, 0.1) is 30.6 Å². The molecule has 0 N–H and O–H groups in total. The summed E-state index contributed by atoms with van der Waals surface area (Å²) in [5.74, 6) is -1.96. The second-order valence-corrected chi connectivity index (χ2v) is 6.40. The number of carbonyl (C=O) groups is 1. The topological polar surface area (TPSA) is 73.1 Å². The first kappa shape index (κ1) is 17.3. The molecule has 0 aromatic carbocycles. The van der Waals surface area contributed by atoms with Gasteiger partial charge in [0, 0.05) is 43.6 Å². The Bertz CT molecular complexity index is 977. The molecule has 9 heteroatoms. The number of likely N-dealkylation sites (tertiary alicyclic amines) is 1. The Balaban J connectivity index is 1.55. The van der Waals surface area contributed by atoms with Gasteiger partial charge >= 0.3 is 0 Å². The number of carbonyl (C=O) groups excluding carboxylic acids is 1. The molecule has 1 aliphatic heterocycles. The molecule has 1 aliphatic rings. The van der Waals surface area contributed by atoms with Crippen LogP contribution in [-0.2, 0) is 0 Å². The summed E-state index contributed by atoms with van der Waals surface area (Å²) in [4.78, 5) is 22.4. The van der Waals surface area contributed by atoms with E-state index in [1.54, 1.807) is 42.4 Å². The molecular weight excluding hydrogens is 356 g/mol. The van der Waals surface area contributed by atoms with Crippen molar-refractivity contribution in [1.29, 1.82) is 0 Å². The van der Waals surface area contributed by atoms with Crippen LogP contribution in [0, 0.1) is 0 Å². The lowest BCUT2D eigenvalue weighted by Crippen LogP contribution is -2.42. The molecule has 0 aliphatic carbocycles. The number of halogens is 2. The van der Waals surface area contributed by atoms with Crippen LogP contribution in [0.2, 0.25) is 0 Å². The molecular formula is C18H17F2N5O2. The molecule has 1 fully saturated rings. The number of ether oxygens (including phenoxy) is 1. The summed E-state index contributed by atoms with van der Waals surface area (Å²) >= 11 is 0. The predicted molar refractivity (Wildman–Crippen MR) is 93.3 cm³/mol. The van der Waals surface area contributed by atoms with Gasteiger partial charge in [-0.2, -0.15) is 5.10 Å². The Labute approximate surface area is 153 Å². The molecule has 3 aromatic rings. The maximum Gasteiger partial charge on any atom is 0.255 e. The van der Waals surface area contributed by atoms with Crippen molar-refractivity contribution >= 4 is 16.8 Å². The van der Waals surface area contributed by atoms with Gasteiger partial charge in [0.15, 0.2) is 5.82 Å². The molecule has 27 heavy (non-hydrogen) atoms. The van der Waals surface area contributed by atoms with E-state index in [0.29, 0.717) is 17.3 Å². The number of fused-ring (bicyclic) bond motifs is 1. The van der Waals surface area contributed by atoms with Crippen molar-refractivity contribution in [1.82, 2.24) is 24.6 Å². The fraction of sp³-hybridized carbons (Fsp3) is 0.333. The van der Waals surface area contributed by atoms with E-state index in [9.17, 15) is 13.6 Å². The fourth-order valence-corrected chi connectivity index (χ4v) is 3.06. The van der Waals surface area contributed by atoms with Gasteiger partial charge in [-0.25, -0.2) is 23.4 Å². The van der Waals surface area contributed by atoms with Crippen LogP contribution in [0.1, 0.15) is 23.2 Å².